The van der Waals surface area contributed by atoms with E-state index in [-0.39, 0.29) is 10.1 Å². The molecule has 1 amide bonds. The lowest BCUT2D eigenvalue weighted by atomic mass is 10.1. The van der Waals surface area contributed by atoms with E-state index in [1.807, 2.05) is 0 Å². The molecule has 1 aromatic carbocycles. The molecule has 1 aliphatic heterocycles. The zero-order chi connectivity index (χ0) is 14.9. The monoisotopic (exact) mass is 309 g/mol. The number of allylic oxidation sites excluding steroid dienone is 1. The molecule has 1 aliphatic rings. The lowest BCUT2D eigenvalue weighted by molar-refractivity contribution is -0.140. The lowest BCUT2D eigenvalue weighted by Crippen LogP contribution is -2.33. The van der Waals surface area contributed by atoms with E-state index in [9.17, 15) is 14.7 Å². The van der Waals surface area contributed by atoms with Crippen LogP contribution in [-0.4, -0.2) is 37.9 Å². The number of amides is 1. The first kappa shape index (κ1) is 14.5. The summed E-state index contributed by atoms with van der Waals surface area (Å²) in [5, 5.41) is 18.0. The molecule has 1 fully saturated rings. The summed E-state index contributed by atoms with van der Waals surface area (Å²) in [7, 11) is 0. The molecule has 0 aliphatic carbocycles. The molecule has 104 valence electrons. The molecule has 0 aromatic heterocycles. The van der Waals surface area contributed by atoms with Gasteiger partial charge in [-0.2, -0.15) is 0 Å². The Morgan fingerprint density at radius 3 is 2.50 bits per heavy atom. The fraction of sp³-hybridized carbons (Fsp3) is 0.154. The van der Waals surface area contributed by atoms with Gasteiger partial charge in [0.1, 0.15) is 16.6 Å². The number of aromatic hydroxyl groups is 1. The maximum Gasteiger partial charge on any atom is 0.323 e. The molecule has 2 rings (SSSR count). The summed E-state index contributed by atoms with van der Waals surface area (Å²) >= 11 is 6.13. The Kier molecular flexibility index (Phi) is 4.10. The van der Waals surface area contributed by atoms with Crippen molar-refractivity contribution in [2.24, 2.45) is 0 Å². The van der Waals surface area contributed by atoms with Crippen LogP contribution in [0.25, 0.3) is 5.57 Å². The average Bonchev–Trinajstić information content (AvgIpc) is 2.66. The minimum absolute atomic E-state index is 0.139. The molecule has 20 heavy (non-hydrogen) atoms. The number of nitrogens with zero attached hydrogens (tertiary/aromatic N) is 1. The summed E-state index contributed by atoms with van der Waals surface area (Å²) in [6, 6.07) is 6.43. The van der Waals surface area contributed by atoms with Crippen LogP contribution >= 0.6 is 24.0 Å². The van der Waals surface area contributed by atoms with Crippen LogP contribution < -0.4 is 0 Å². The third-order valence-corrected chi connectivity index (χ3v) is 4.33. The molecule has 0 radical (unpaired) electrons. The van der Waals surface area contributed by atoms with E-state index in [0.29, 0.717) is 10.5 Å². The predicted octanol–water partition coefficient (Wildman–Crippen LogP) is 2.07. The quantitative estimate of drug-likeness (QED) is 0.657. The highest BCUT2D eigenvalue weighted by molar-refractivity contribution is 8.26. The van der Waals surface area contributed by atoms with Crippen molar-refractivity contribution in [1.82, 2.24) is 4.90 Å². The Balaban J connectivity index is 2.35. The van der Waals surface area contributed by atoms with E-state index in [4.69, 9.17) is 17.3 Å². The summed E-state index contributed by atoms with van der Waals surface area (Å²) < 4.78 is 0.241. The Bertz CT molecular complexity index is 622. The normalized spacial score (nSPS) is 17.6. The van der Waals surface area contributed by atoms with Gasteiger partial charge in [-0.25, -0.2) is 0 Å². The van der Waals surface area contributed by atoms with Crippen molar-refractivity contribution in [3.63, 3.8) is 0 Å². The van der Waals surface area contributed by atoms with Gasteiger partial charge in [-0.1, -0.05) is 36.1 Å². The number of rotatable bonds is 3. The smallest absolute Gasteiger partial charge is 0.323 e. The van der Waals surface area contributed by atoms with Gasteiger partial charge in [0.25, 0.3) is 5.91 Å². The molecule has 0 bridgehead atoms. The highest BCUT2D eigenvalue weighted by atomic mass is 32.2. The van der Waals surface area contributed by atoms with Gasteiger partial charge in [0.05, 0.1) is 4.91 Å². The molecule has 1 saturated heterocycles. The van der Waals surface area contributed by atoms with Crippen molar-refractivity contribution in [2.75, 3.05) is 6.54 Å². The molecule has 0 saturated carbocycles. The number of hydrogen-bond donors (Lipinski definition) is 2. The second-order valence-electron chi connectivity index (χ2n) is 4.15. The van der Waals surface area contributed by atoms with Gasteiger partial charge in [0, 0.05) is 0 Å². The number of carbonyl (C=O) groups is 2. The largest absolute Gasteiger partial charge is 0.508 e. The van der Waals surface area contributed by atoms with Gasteiger partial charge in [0.2, 0.25) is 0 Å². The van der Waals surface area contributed by atoms with Crippen LogP contribution in [0.5, 0.6) is 5.75 Å². The molecule has 0 unspecified atom stereocenters. The van der Waals surface area contributed by atoms with Crippen molar-refractivity contribution < 1.29 is 19.8 Å². The molecular weight excluding hydrogens is 298 g/mol. The third kappa shape index (κ3) is 2.83. The standard InChI is InChI=1S/C13H11NO4S2/c1-7(8-2-4-9(15)5-3-8)11-12(18)14(6-10(16)17)13(19)20-11/h2-5,15H,6H2,1H3,(H,16,17)/b11-7+. The number of benzene rings is 1. The summed E-state index contributed by atoms with van der Waals surface area (Å²) in [5.41, 5.74) is 1.48. The predicted molar refractivity (Wildman–Crippen MR) is 80.2 cm³/mol. The van der Waals surface area contributed by atoms with E-state index in [1.165, 1.54) is 12.1 Å². The van der Waals surface area contributed by atoms with Crippen molar-refractivity contribution in [1.29, 1.82) is 0 Å². The Hall–Kier alpha value is -1.86. The molecule has 0 spiro atoms. The van der Waals surface area contributed by atoms with Crippen LogP contribution in [0.1, 0.15) is 12.5 Å². The van der Waals surface area contributed by atoms with Crippen molar-refractivity contribution in [2.45, 2.75) is 6.92 Å². The third-order valence-electron chi connectivity index (χ3n) is 2.78. The maximum absolute atomic E-state index is 12.2. The molecule has 1 aromatic rings. The Labute approximate surface area is 124 Å². The topological polar surface area (TPSA) is 77.8 Å². The van der Waals surface area contributed by atoms with Crippen molar-refractivity contribution in [3.05, 3.63) is 34.7 Å². The highest BCUT2D eigenvalue weighted by Gasteiger charge is 2.34. The van der Waals surface area contributed by atoms with Crippen LogP contribution in [0, 0.1) is 0 Å². The summed E-state index contributed by atoms with van der Waals surface area (Å²) in [5.74, 6) is -1.36. The first-order valence-corrected chi connectivity index (χ1v) is 6.88. The summed E-state index contributed by atoms with van der Waals surface area (Å²) in [6.07, 6.45) is 0. The van der Waals surface area contributed by atoms with Gasteiger partial charge in [-0.3, -0.25) is 14.5 Å². The van der Waals surface area contributed by atoms with E-state index >= 15 is 0 Å². The van der Waals surface area contributed by atoms with E-state index in [0.717, 1.165) is 22.2 Å². The van der Waals surface area contributed by atoms with E-state index in [1.54, 1.807) is 19.1 Å². The van der Waals surface area contributed by atoms with Crippen LogP contribution in [-0.2, 0) is 9.59 Å². The molecule has 7 heteroatoms. The van der Waals surface area contributed by atoms with Crippen molar-refractivity contribution >= 4 is 45.7 Å². The minimum Gasteiger partial charge on any atom is -0.508 e. The molecule has 2 N–H and O–H groups in total. The number of carboxylic acid groups (broad SMARTS) is 1. The zero-order valence-electron chi connectivity index (χ0n) is 10.5. The second kappa shape index (κ2) is 5.64. The zero-order valence-corrected chi connectivity index (χ0v) is 12.1. The molecular formula is C13H11NO4S2. The first-order valence-electron chi connectivity index (χ1n) is 5.66. The van der Waals surface area contributed by atoms with Gasteiger partial charge in [-0.15, -0.1) is 0 Å². The minimum atomic E-state index is -1.11. The van der Waals surface area contributed by atoms with Crippen LogP contribution in [0.2, 0.25) is 0 Å². The lowest BCUT2D eigenvalue weighted by Gasteiger charge is -2.10. The molecule has 5 nitrogen and oxygen atoms in total. The van der Waals surface area contributed by atoms with Gasteiger partial charge in [0.15, 0.2) is 0 Å². The van der Waals surface area contributed by atoms with Gasteiger partial charge >= 0.3 is 5.97 Å². The number of thioether (sulfide) groups is 1. The van der Waals surface area contributed by atoms with Crippen LogP contribution in [0.3, 0.4) is 0 Å². The number of carboxylic acids is 1. The Morgan fingerprint density at radius 2 is 1.95 bits per heavy atom. The summed E-state index contributed by atoms with van der Waals surface area (Å²) in [4.78, 5) is 24.4. The van der Waals surface area contributed by atoms with Crippen LogP contribution in [0.15, 0.2) is 29.2 Å². The number of thiocarbonyl (C=S) groups is 1. The van der Waals surface area contributed by atoms with Crippen molar-refractivity contribution in [3.8, 4) is 5.75 Å². The molecule has 0 atom stereocenters. The SMILES string of the molecule is C/C(=C1\SC(=S)N(CC(=O)O)C1=O)c1ccc(O)cc1. The number of phenolic OH excluding ortho intramolecular Hbond substituents is 1. The van der Waals surface area contributed by atoms with Gasteiger partial charge < -0.3 is 10.2 Å². The fourth-order valence-electron chi connectivity index (χ4n) is 1.74. The highest BCUT2D eigenvalue weighted by Crippen LogP contribution is 2.36. The fourth-order valence-corrected chi connectivity index (χ4v) is 3.04. The van der Waals surface area contributed by atoms with Crippen LogP contribution in [0.4, 0.5) is 0 Å². The Morgan fingerprint density at radius 1 is 1.35 bits per heavy atom. The summed E-state index contributed by atoms with van der Waals surface area (Å²) in [6.45, 7) is 1.33. The second-order valence-corrected chi connectivity index (χ2v) is 5.80. The average molecular weight is 309 g/mol. The van der Waals surface area contributed by atoms with Gasteiger partial charge in [-0.05, 0) is 30.2 Å². The number of hydrogen-bond acceptors (Lipinski definition) is 5. The van der Waals surface area contributed by atoms with E-state index in [2.05, 4.69) is 0 Å². The van der Waals surface area contributed by atoms with E-state index < -0.39 is 18.4 Å². The maximum atomic E-state index is 12.2. The first-order chi connectivity index (χ1) is 9.40. The number of carbonyl (C=O) groups excluding carboxylic acids is 1. The molecule has 1 heterocycles. The number of phenols is 1. The number of aliphatic carboxylic acids is 1.